The van der Waals surface area contributed by atoms with Crippen molar-refractivity contribution in [3.05, 3.63) is 35.4 Å². The number of aliphatic hydroxyl groups is 1. The van der Waals surface area contributed by atoms with Crippen molar-refractivity contribution < 1.29 is 18.3 Å². The summed E-state index contributed by atoms with van der Waals surface area (Å²) in [4.78, 5) is 0. The number of aryl methyl sites for hydroxylation is 1. The van der Waals surface area contributed by atoms with Gasteiger partial charge in [-0.05, 0) is 12.5 Å². The van der Waals surface area contributed by atoms with E-state index in [4.69, 9.17) is 10.8 Å². The highest BCUT2D eigenvalue weighted by atomic mass is 19.4. The maximum Gasteiger partial charge on any atom is 0.416 e. The third kappa shape index (κ3) is 2.94. The average Bonchev–Trinajstić information content (AvgIpc) is 2.15. The zero-order valence-electron chi connectivity index (χ0n) is 8.12. The van der Waals surface area contributed by atoms with Crippen LogP contribution in [0.3, 0.4) is 0 Å². The lowest BCUT2D eigenvalue weighted by Crippen LogP contribution is -2.38. The summed E-state index contributed by atoms with van der Waals surface area (Å²) in [5.74, 6) is 0. The molecule has 84 valence electrons. The molecule has 1 aromatic rings. The third-order valence-corrected chi connectivity index (χ3v) is 2.14. The first kappa shape index (κ1) is 12.0. The number of nitrogens with two attached hydrogens (primary N) is 1. The minimum atomic E-state index is -4.69. The highest BCUT2D eigenvalue weighted by molar-refractivity contribution is 5.24. The predicted octanol–water partition coefficient (Wildman–Crippen LogP) is 1.92. The highest BCUT2D eigenvalue weighted by Crippen LogP contribution is 2.28. The van der Waals surface area contributed by atoms with Crippen molar-refractivity contribution in [3.63, 3.8) is 0 Å². The van der Waals surface area contributed by atoms with Crippen LogP contribution in [0.5, 0.6) is 0 Å². The number of rotatable bonds is 2. The van der Waals surface area contributed by atoms with Gasteiger partial charge in [-0.3, -0.25) is 0 Å². The Bertz CT molecular complexity index is 320. The summed E-state index contributed by atoms with van der Waals surface area (Å²) in [5.41, 5.74) is 6.50. The van der Waals surface area contributed by atoms with E-state index in [1.165, 1.54) is 12.1 Å². The molecule has 0 aliphatic heterocycles. The van der Waals surface area contributed by atoms with Gasteiger partial charge in [-0.15, -0.1) is 0 Å². The first-order valence-corrected chi connectivity index (χ1v) is 4.39. The number of aliphatic hydroxyl groups excluding tert-OH is 1. The number of alkyl halides is 3. The molecule has 0 bridgehead atoms. The van der Waals surface area contributed by atoms with Gasteiger partial charge in [-0.25, -0.2) is 0 Å². The van der Waals surface area contributed by atoms with Crippen LogP contribution in [0.15, 0.2) is 24.3 Å². The quantitative estimate of drug-likeness (QED) is 0.798. The zero-order chi connectivity index (χ0) is 11.6. The molecule has 1 rings (SSSR count). The van der Waals surface area contributed by atoms with Gasteiger partial charge in [-0.1, -0.05) is 29.8 Å². The molecule has 0 saturated heterocycles. The molecule has 0 unspecified atom stereocenters. The van der Waals surface area contributed by atoms with Crippen molar-refractivity contribution in [2.24, 2.45) is 5.73 Å². The van der Waals surface area contributed by atoms with Crippen LogP contribution in [0.4, 0.5) is 13.2 Å². The average molecular weight is 219 g/mol. The van der Waals surface area contributed by atoms with E-state index in [0.29, 0.717) is 0 Å². The lowest BCUT2D eigenvalue weighted by Gasteiger charge is -2.21. The summed E-state index contributed by atoms with van der Waals surface area (Å²) < 4.78 is 36.4. The molecule has 0 radical (unpaired) electrons. The lowest BCUT2D eigenvalue weighted by molar-refractivity contribution is -0.210. The van der Waals surface area contributed by atoms with E-state index >= 15 is 0 Å². The number of halogens is 3. The molecular formula is C10H12F3NO. The minimum Gasteiger partial charge on any atom is -0.382 e. The van der Waals surface area contributed by atoms with Crippen LogP contribution in [0.2, 0.25) is 0 Å². The molecule has 0 fully saturated rings. The second-order valence-corrected chi connectivity index (χ2v) is 3.42. The molecule has 0 aliphatic rings. The largest absolute Gasteiger partial charge is 0.416 e. The fourth-order valence-electron chi connectivity index (χ4n) is 1.17. The molecule has 0 aromatic heterocycles. The van der Waals surface area contributed by atoms with E-state index in [2.05, 4.69) is 0 Å². The first-order valence-electron chi connectivity index (χ1n) is 4.39. The Morgan fingerprint density at radius 1 is 1.20 bits per heavy atom. The lowest BCUT2D eigenvalue weighted by atomic mass is 10.0. The SMILES string of the molecule is Cc1ccc([C@@H](N)[C@@H](O)C(F)(F)F)cc1. The molecule has 2 nitrogen and oxygen atoms in total. The fraction of sp³-hybridized carbons (Fsp3) is 0.400. The smallest absolute Gasteiger partial charge is 0.382 e. The van der Waals surface area contributed by atoms with Crippen molar-refractivity contribution >= 4 is 0 Å². The van der Waals surface area contributed by atoms with Gasteiger partial charge in [-0.2, -0.15) is 13.2 Å². The molecule has 0 aliphatic carbocycles. The van der Waals surface area contributed by atoms with Gasteiger partial charge in [0.05, 0.1) is 6.04 Å². The Kier molecular flexibility index (Phi) is 3.36. The van der Waals surface area contributed by atoms with Crippen LogP contribution in [0, 0.1) is 6.92 Å². The minimum absolute atomic E-state index is 0.269. The second-order valence-electron chi connectivity index (χ2n) is 3.42. The van der Waals surface area contributed by atoms with Gasteiger partial charge in [0.15, 0.2) is 6.10 Å². The van der Waals surface area contributed by atoms with Crippen molar-refractivity contribution in [1.29, 1.82) is 0 Å². The molecule has 1 aromatic carbocycles. The van der Waals surface area contributed by atoms with E-state index in [9.17, 15) is 13.2 Å². The van der Waals surface area contributed by atoms with E-state index in [0.717, 1.165) is 5.56 Å². The standard InChI is InChI=1S/C10H12F3NO/c1-6-2-4-7(5-3-6)8(14)9(15)10(11,12)13/h2-5,8-9,15H,14H2,1H3/t8-,9-/m1/s1. The molecule has 0 heterocycles. The second kappa shape index (κ2) is 4.20. The van der Waals surface area contributed by atoms with Gasteiger partial charge < -0.3 is 10.8 Å². The number of benzene rings is 1. The molecule has 3 N–H and O–H groups in total. The molecule has 0 saturated carbocycles. The molecule has 5 heteroatoms. The summed E-state index contributed by atoms with van der Waals surface area (Å²) in [6, 6.07) is 4.83. The van der Waals surface area contributed by atoms with E-state index in [-0.39, 0.29) is 5.56 Å². The Morgan fingerprint density at radius 2 is 1.67 bits per heavy atom. The van der Waals surface area contributed by atoms with E-state index in [1.54, 1.807) is 12.1 Å². The Labute approximate surface area is 85.5 Å². The normalized spacial score (nSPS) is 16.1. The number of hydrogen-bond donors (Lipinski definition) is 2. The monoisotopic (exact) mass is 219 g/mol. The topological polar surface area (TPSA) is 46.2 Å². The highest BCUT2D eigenvalue weighted by Gasteiger charge is 2.42. The van der Waals surface area contributed by atoms with E-state index in [1.807, 2.05) is 6.92 Å². The van der Waals surface area contributed by atoms with E-state index < -0.39 is 18.3 Å². The first-order chi connectivity index (χ1) is 6.82. The predicted molar refractivity (Wildman–Crippen MR) is 50.2 cm³/mol. The van der Waals surface area contributed by atoms with Crippen LogP contribution in [0.1, 0.15) is 17.2 Å². The van der Waals surface area contributed by atoms with Crippen molar-refractivity contribution in [2.75, 3.05) is 0 Å². The summed E-state index contributed by atoms with van der Waals surface area (Å²) in [5, 5.41) is 8.93. The fourth-order valence-corrected chi connectivity index (χ4v) is 1.17. The van der Waals surface area contributed by atoms with Gasteiger partial charge in [0.1, 0.15) is 0 Å². The van der Waals surface area contributed by atoms with Gasteiger partial charge >= 0.3 is 6.18 Å². The third-order valence-electron chi connectivity index (χ3n) is 2.14. The Hall–Kier alpha value is -1.07. The van der Waals surface area contributed by atoms with Crippen molar-refractivity contribution in [3.8, 4) is 0 Å². The van der Waals surface area contributed by atoms with Crippen LogP contribution >= 0.6 is 0 Å². The molecule has 15 heavy (non-hydrogen) atoms. The molecule has 0 amide bonds. The molecular weight excluding hydrogens is 207 g/mol. The van der Waals surface area contributed by atoms with Gasteiger partial charge in [0.2, 0.25) is 0 Å². The van der Waals surface area contributed by atoms with Gasteiger partial charge in [0.25, 0.3) is 0 Å². The summed E-state index contributed by atoms with van der Waals surface area (Å²) >= 11 is 0. The summed E-state index contributed by atoms with van der Waals surface area (Å²) in [6.07, 6.45) is -7.22. The maximum atomic E-state index is 12.1. The molecule has 2 atom stereocenters. The Morgan fingerprint density at radius 3 is 2.07 bits per heavy atom. The van der Waals surface area contributed by atoms with Crippen molar-refractivity contribution in [1.82, 2.24) is 0 Å². The van der Waals surface area contributed by atoms with Crippen LogP contribution < -0.4 is 5.73 Å². The summed E-state index contributed by atoms with van der Waals surface area (Å²) in [7, 11) is 0. The maximum absolute atomic E-state index is 12.1. The van der Waals surface area contributed by atoms with Crippen LogP contribution in [-0.4, -0.2) is 17.4 Å². The number of hydrogen-bond acceptors (Lipinski definition) is 2. The van der Waals surface area contributed by atoms with Gasteiger partial charge in [0, 0.05) is 0 Å². The van der Waals surface area contributed by atoms with Crippen LogP contribution in [0.25, 0.3) is 0 Å². The van der Waals surface area contributed by atoms with Crippen LogP contribution in [-0.2, 0) is 0 Å². The zero-order valence-corrected chi connectivity index (χ0v) is 8.12. The summed E-state index contributed by atoms with van der Waals surface area (Å²) in [6.45, 7) is 1.81. The van der Waals surface area contributed by atoms with Crippen molar-refractivity contribution in [2.45, 2.75) is 25.2 Å². The molecule has 0 spiro atoms. The Balaban J connectivity index is 2.85.